The molecule has 0 aromatic rings. The molecule has 0 amide bonds. The second-order valence-electron chi connectivity index (χ2n) is 0.247. The standard InChI is InChI=1S/Ca.5ClH.Y/h;5*1H;/q+2;;;;;;+3/p-5. The van der Waals surface area contributed by atoms with E-state index in [1.165, 1.54) is 0 Å². The van der Waals surface area contributed by atoms with Gasteiger partial charge in [0.05, 0.1) is 0 Å². The van der Waals surface area contributed by atoms with E-state index in [1.807, 2.05) is 0 Å². The van der Waals surface area contributed by atoms with Gasteiger partial charge in [-0.2, -0.15) is 0 Å². The first kappa shape index (κ1) is 22.4. The maximum atomic E-state index is 5.02. The summed E-state index contributed by atoms with van der Waals surface area (Å²) in [6, 6.07) is 0. The summed E-state index contributed by atoms with van der Waals surface area (Å²) >= 11 is -2.22. The van der Waals surface area contributed by atoms with Crippen molar-refractivity contribution in [1.29, 1.82) is 0 Å². The van der Waals surface area contributed by atoms with Gasteiger partial charge < -0.3 is 24.8 Å². The van der Waals surface area contributed by atoms with Gasteiger partial charge in [0.2, 0.25) is 0 Å². The van der Waals surface area contributed by atoms with E-state index in [0.717, 1.165) is 0 Å². The van der Waals surface area contributed by atoms with Gasteiger partial charge in [-0.25, -0.2) is 0 Å². The van der Waals surface area contributed by atoms with Crippen LogP contribution in [-0.2, 0) is 23.3 Å². The second kappa shape index (κ2) is 16.4. The van der Waals surface area contributed by atoms with Crippen LogP contribution in [0.4, 0.5) is 0 Å². The third kappa shape index (κ3) is 41.2. The summed E-state index contributed by atoms with van der Waals surface area (Å²) in [6.07, 6.45) is 0. The summed E-state index contributed by atoms with van der Waals surface area (Å²) in [5.41, 5.74) is 0. The Morgan fingerprint density at radius 3 is 0.857 bits per heavy atom. The predicted molar refractivity (Wildman–Crippen MR) is 23.3 cm³/mol. The summed E-state index contributed by atoms with van der Waals surface area (Å²) in [5.74, 6) is 0. The second-order valence-corrected chi connectivity index (χ2v) is 13.2. The maximum absolute atomic E-state index is 5.02. The fourth-order valence-electron chi connectivity index (χ4n) is 0. The van der Waals surface area contributed by atoms with E-state index >= 15 is 0 Å². The van der Waals surface area contributed by atoms with Gasteiger partial charge in [0, 0.05) is 0 Å². The van der Waals surface area contributed by atoms with Crippen molar-refractivity contribution < 1.29 is 48.1 Å². The molecular formula is CaCl5Y. The Kier molecular flexibility index (Phi) is 52.6. The minimum absolute atomic E-state index is 0. The van der Waals surface area contributed by atoms with Crippen LogP contribution in [0.2, 0.25) is 0 Å². The van der Waals surface area contributed by atoms with Crippen LogP contribution < -0.4 is 24.8 Å². The first-order chi connectivity index (χ1) is 1.73. The average Bonchev–Trinajstić information content (AvgIpc) is 0.811. The molecule has 0 atom stereocenters. The molecule has 0 aliphatic heterocycles. The number of halogens is 5. The monoisotopic (exact) mass is 304 g/mol. The topological polar surface area (TPSA) is 0 Å². The summed E-state index contributed by atoms with van der Waals surface area (Å²) in [6.45, 7) is 0. The third-order valence-electron chi connectivity index (χ3n) is 0. The van der Waals surface area contributed by atoms with Gasteiger partial charge in [-0.1, -0.05) is 0 Å². The number of hydrogen-bond acceptors (Lipinski definition) is 0. The summed E-state index contributed by atoms with van der Waals surface area (Å²) in [5, 5.41) is 0. The van der Waals surface area contributed by atoms with E-state index < -0.39 is 23.3 Å². The van der Waals surface area contributed by atoms with E-state index in [-0.39, 0.29) is 62.6 Å². The molecule has 0 spiro atoms. The van der Waals surface area contributed by atoms with Crippen LogP contribution in [0.5, 0.6) is 0 Å². The molecule has 7 heteroatoms. The van der Waals surface area contributed by atoms with Gasteiger partial charge in [0.1, 0.15) is 0 Å². The van der Waals surface area contributed by atoms with Crippen molar-refractivity contribution in [2.75, 3.05) is 0 Å². The van der Waals surface area contributed by atoms with Crippen LogP contribution in [0.3, 0.4) is 0 Å². The molecule has 0 saturated carbocycles. The van der Waals surface area contributed by atoms with Gasteiger partial charge >= 0.3 is 83.1 Å². The van der Waals surface area contributed by atoms with Crippen molar-refractivity contribution >= 4 is 59.7 Å². The predicted octanol–water partition coefficient (Wildman–Crippen LogP) is -4.31. The zero-order valence-corrected chi connectivity index (χ0v) is 12.0. The first-order valence-electron chi connectivity index (χ1n) is 0.655. The summed E-state index contributed by atoms with van der Waals surface area (Å²) < 4.78 is 0. The van der Waals surface area contributed by atoms with Crippen LogP contribution >= 0.6 is 22.0 Å². The average molecular weight is 306 g/mol. The number of rotatable bonds is 0. The molecule has 0 bridgehead atoms. The summed E-state index contributed by atoms with van der Waals surface area (Å²) in [7, 11) is 15.0. The first-order valence-corrected chi connectivity index (χ1v) is 11.6. The quantitative estimate of drug-likeness (QED) is 0.397. The summed E-state index contributed by atoms with van der Waals surface area (Å²) in [4.78, 5) is 0. The molecule has 0 radical (unpaired) electrons. The molecule has 0 nitrogen and oxygen atoms in total. The Balaban J connectivity index is -0.0000000150. The molecule has 0 aliphatic carbocycles. The Bertz CT molecular complexity index is 12.8. The van der Waals surface area contributed by atoms with Gasteiger partial charge in [0.25, 0.3) is 0 Å². The molecule has 0 unspecified atom stereocenters. The Hall–Kier alpha value is 3.81. The Labute approximate surface area is 105 Å². The van der Waals surface area contributed by atoms with Crippen molar-refractivity contribution in [2.24, 2.45) is 0 Å². The van der Waals surface area contributed by atoms with Crippen LogP contribution in [0, 0.1) is 0 Å². The molecule has 0 aliphatic rings. The number of hydrogen-bond donors (Lipinski definition) is 0. The molecule has 0 fully saturated rings. The SMILES string of the molecule is [Ca+2].[Cl-].[Cl-].[Cl][Y]([Cl])[Cl]. The minimum atomic E-state index is -2.22. The van der Waals surface area contributed by atoms with Crippen LogP contribution in [-0.4, -0.2) is 37.7 Å². The van der Waals surface area contributed by atoms with Crippen molar-refractivity contribution in [3.8, 4) is 0 Å². The zero-order chi connectivity index (χ0) is 3.58. The fourth-order valence-corrected chi connectivity index (χ4v) is 0. The van der Waals surface area contributed by atoms with Crippen molar-refractivity contribution in [3.63, 3.8) is 0 Å². The molecule has 7 heavy (non-hydrogen) atoms. The molecule has 0 aromatic carbocycles. The van der Waals surface area contributed by atoms with Crippen LogP contribution in [0.25, 0.3) is 0 Å². The van der Waals surface area contributed by atoms with Gasteiger partial charge in [-0.15, -0.1) is 0 Å². The van der Waals surface area contributed by atoms with E-state index in [1.54, 1.807) is 0 Å². The van der Waals surface area contributed by atoms with Crippen LogP contribution in [0.1, 0.15) is 0 Å². The molecule has 0 aromatic heterocycles. The van der Waals surface area contributed by atoms with Crippen LogP contribution in [0.15, 0.2) is 0 Å². The normalized spacial score (nSPS) is 3.86. The molecular weight excluding hydrogens is 306 g/mol. The molecule has 0 rings (SSSR count). The van der Waals surface area contributed by atoms with E-state index in [4.69, 9.17) is 22.0 Å². The molecule has 0 saturated heterocycles. The van der Waals surface area contributed by atoms with Crippen molar-refractivity contribution in [3.05, 3.63) is 0 Å². The Morgan fingerprint density at radius 1 is 0.857 bits per heavy atom. The zero-order valence-electron chi connectivity index (χ0n) is 3.17. The van der Waals surface area contributed by atoms with E-state index in [0.29, 0.717) is 0 Å². The fraction of sp³-hybridized carbons (Fsp3) is 0. The molecule has 0 heterocycles. The van der Waals surface area contributed by atoms with E-state index in [2.05, 4.69) is 0 Å². The Morgan fingerprint density at radius 2 is 0.857 bits per heavy atom. The van der Waals surface area contributed by atoms with Gasteiger partial charge in [-0.05, 0) is 0 Å². The molecule has 40 valence electrons. The molecule has 0 N–H and O–H groups in total. The van der Waals surface area contributed by atoms with Gasteiger partial charge in [0.15, 0.2) is 0 Å². The third-order valence-corrected chi connectivity index (χ3v) is 0. The van der Waals surface area contributed by atoms with Crippen molar-refractivity contribution in [2.45, 2.75) is 0 Å². The van der Waals surface area contributed by atoms with Crippen molar-refractivity contribution in [1.82, 2.24) is 0 Å². The van der Waals surface area contributed by atoms with Gasteiger partial charge in [-0.3, -0.25) is 0 Å². The van der Waals surface area contributed by atoms with E-state index in [9.17, 15) is 0 Å².